The summed E-state index contributed by atoms with van der Waals surface area (Å²) in [5.74, 6) is -0.0275. The molecule has 1 aromatic carbocycles. The summed E-state index contributed by atoms with van der Waals surface area (Å²) in [5.41, 5.74) is 9.14. The fourth-order valence-corrected chi connectivity index (χ4v) is 3.92. The topological polar surface area (TPSA) is 109 Å². The number of halogens is 1. The van der Waals surface area contributed by atoms with Gasteiger partial charge in [-0.15, -0.1) is 11.8 Å². The number of pyridine rings is 2. The SMILES string of the molecule is CCSc1ccc(NC(=O)c2ccc(F)nc2NCc2ccnc3[nH]ccc23)cc1N. The van der Waals surface area contributed by atoms with Crippen molar-refractivity contribution in [3.63, 3.8) is 0 Å². The van der Waals surface area contributed by atoms with Gasteiger partial charge in [0, 0.05) is 40.6 Å². The Morgan fingerprint density at radius 1 is 1.23 bits per heavy atom. The van der Waals surface area contributed by atoms with Crippen LogP contribution in [0.3, 0.4) is 0 Å². The fraction of sp³-hybridized carbons (Fsp3) is 0.136. The Labute approximate surface area is 182 Å². The van der Waals surface area contributed by atoms with E-state index in [-0.39, 0.29) is 11.4 Å². The summed E-state index contributed by atoms with van der Waals surface area (Å²) in [5, 5.41) is 6.82. The van der Waals surface area contributed by atoms with E-state index in [1.807, 2.05) is 25.1 Å². The first-order valence-corrected chi connectivity index (χ1v) is 10.7. The molecule has 0 aliphatic rings. The second-order valence-corrected chi connectivity index (χ2v) is 8.04. The van der Waals surface area contributed by atoms with Gasteiger partial charge in [-0.05, 0) is 53.8 Å². The van der Waals surface area contributed by atoms with E-state index in [0.29, 0.717) is 17.9 Å². The molecule has 5 N–H and O–H groups in total. The molecule has 0 spiro atoms. The van der Waals surface area contributed by atoms with E-state index in [9.17, 15) is 9.18 Å². The van der Waals surface area contributed by atoms with E-state index in [4.69, 9.17) is 5.73 Å². The second-order valence-electron chi connectivity index (χ2n) is 6.73. The van der Waals surface area contributed by atoms with Crippen molar-refractivity contribution in [2.75, 3.05) is 22.1 Å². The predicted molar refractivity (Wildman–Crippen MR) is 123 cm³/mol. The fourth-order valence-electron chi connectivity index (χ4n) is 3.22. The highest BCUT2D eigenvalue weighted by Crippen LogP contribution is 2.28. The Hall–Kier alpha value is -3.59. The summed E-state index contributed by atoms with van der Waals surface area (Å²) < 4.78 is 13.8. The molecule has 3 heterocycles. The van der Waals surface area contributed by atoms with Crippen LogP contribution in [-0.4, -0.2) is 26.6 Å². The maximum Gasteiger partial charge on any atom is 0.259 e. The van der Waals surface area contributed by atoms with Crippen LogP contribution in [-0.2, 0) is 6.54 Å². The summed E-state index contributed by atoms with van der Waals surface area (Å²) in [6, 6.07) is 11.7. The van der Waals surface area contributed by atoms with Gasteiger partial charge >= 0.3 is 0 Å². The largest absolute Gasteiger partial charge is 0.398 e. The molecule has 9 heteroatoms. The zero-order valence-electron chi connectivity index (χ0n) is 16.8. The molecule has 0 saturated carbocycles. The van der Waals surface area contributed by atoms with Crippen LogP contribution >= 0.6 is 11.8 Å². The number of carbonyl (C=O) groups excluding carboxylic acids is 1. The molecule has 31 heavy (non-hydrogen) atoms. The summed E-state index contributed by atoms with van der Waals surface area (Å²) >= 11 is 1.63. The molecule has 4 rings (SSSR count). The molecule has 0 bridgehead atoms. The summed E-state index contributed by atoms with van der Waals surface area (Å²) in [6.07, 6.45) is 3.49. The van der Waals surface area contributed by atoms with Gasteiger partial charge in [-0.3, -0.25) is 4.79 Å². The maximum atomic E-state index is 13.8. The number of thioether (sulfide) groups is 1. The molecule has 0 aliphatic carbocycles. The smallest absolute Gasteiger partial charge is 0.259 e. The number of fused-ring (bicyclic) bond motifs is 1. The quantitative estimate of drug-likeness (QED) is 0.191. The Morgan fingerprint density at radius 3 is 2.90 bits per heavy atom. The number of hydrogen-bond acceptors (Lipinski definition) is 6. The number of aromatic nitrogens is 3. The third kappa shape index (κ3) is 4.61. The van der Waals surface area contributed by atoms with Crippen LogP contribution in [0.25, 0.3) is 11.0 Å². The normalized spacial score (nSPS) is 10.9. The van der Waals surface area contributed by atoms with Crippen LogP contribution in [0.2, 0.25) is 0 Å². The number of amides is 1. The highest BCUT2D eigenvalue weighted by molar-refractivity contribution is 7.99. The number of nitrogens with two attached hydrogens (primary N) is 1. The second kappa shape index (κ2) is 9.05. The van der Waals surface area contributed by atoms with Gasteiger partial charge in [0.1, 0.15) is 11.5 Å². The van der Waals surface area contributed by atoms with Crippen molar-refractivity contribution in [1.82, 2.24) is 15.0 Å². The van der Waals surface area contributed by atoms with E-state index in [0.717, 1.165) is 33.3 Å². The predicted octanol–water partition coefficient (Wildman–Crippen LogP) is 4.66. The maximum absolute atomic E-state index is 13.8. The molecular formula is C22H21FN6OS. The molecule has 7 nitrogen and oxygen atoms in total. The number of carbonyl (C=O) groups is 1. The number of aromatic amines is 1. The van der Waals surface area contributed by atoms with Gasteiger partial charge in [-0.25, -0.2) is 9.97 Å². The van der Waals surface area contributed by atoms with Crippen LogP contribution < -0.4 is 16.4 Å². The average molecular weight is 437 g/mol. The minimum Gasteiger partial charge on any atom is -0.398 e. The van der Waals surface area contributed by atoms with Crippen LogP contribution in [0.5, 0.6) is 0 Å². The summed E-state index contributed by atoms with van der Waals surface area (Å²) in [4.78, 5) is 25.0. The lowest BCUT2D eigenvalue weighted by atomic mass is 10.1. The third-order valence-electron chi connectivity index (χ3n) is 4.67. The van der Waals surface area contributed by atoms with E-state index >= 15 is 0 Å². The molecule has 158 valence electrons. The number of H-pyrrole nitrogens is 1. The van der Waals surface area contributed by atoms with Crippen LogP contribution in [0.15, 0.2) is 59.8 Å². The third-order valence-corrected chi connectivity index (χ3v) is 5.64. The van der Waals surface area contributed by atoms with Gasteiger partial charge in [-0.1, -0.05) is 6.92 Å². The minimum atomic E-state index is -0.675. The number of anilines is 3. The van der Waals surface area contributed by atoms with E-state index in [2.05, 4.69) is 25.6 Å². The molecule has 0 unspecified atom stereocenters. The van der Waals surface area contributed by atoms with Crippen molar-refractivity contribution in [1.29, 1.82) is 0 Å². The van der Waals surface area contributed by atoms with Crippen molar-refractivity contribution in [2.24, 2.45) is 0 Å². The Bertz CT molecular complexity index is 1240. The zero-order chi connectivity index (χ0) is 21.8. The Kier molecular flexibility index (Phi) is 6.03. The van der Waals surface area contributed by atoms with Crippen LogP contribution in [0.1, 0.15) is 22.8 Å². The van der Waals surface area contributed by atoms with Crippen LogP contribution in [0.4, 0.5) is 21.6 Å². The Morgan fingerprint density at radius 2 is 2.10 bits per heavy atom. The molecule has 0 fully saturated rings. The monoisotopic (exact) mass is 436 g/mol. The highest BCUT2D eigenvalue weighted by Gasteiger charge is 2.15. The number of nitrogen functional groups attached to an aromatic ring is 1. The summed E-state index contributed by atoms with van der Waals surface area (Å²) in [7, 11) is 0. The lowest BCUT2D eigenvalue weighted by Crippen LogP contribution is -2.16. The van der Waals surface area contributed by atoms with Gasteiger partial charge in [-0.2, -0.15) is 4.39 Å². The molecule has 0 atom stereocenters. The van der Waals surface area contributed by atoms with Gasteiger partial charge in [0.25, 0.3) is 5.91 Å². The first-order valence-electron chi connectivity index (χ1n) is 9.70. The lowest BCUT2D eigenvalue weighted by molar-refractivity contribution is 0.102. The first kappa shape index (κ1) is 20.7. The molecular weight excluding hydrogens is 415 g/mol. The van der Waals surface area contributed by atoms with Gasteiger partial charge in [0.15, 0.2) is 0 Å². The van der Waals surface area contributed by atoms with Crippen molar-refractivity contribution in [3.8, 4) is 0 Å². The molecule has 1 amide bonds. The molecule has 0 aliphatic heterocycles. The number of nitrogens with one attached hydrogen (secondary N) is 3. The van der Waals surface area contributed by atoms with E-state index in [1.54, 1.807) is 36.3 Å². The number of benzene rings is 1. The van der Waals surface area contributed by atoms with Gasteiger partial charge in [0.05, 0.1) is 5.56 Å². The van der Waals surface area contributed by atoms with Crippen molar-refractivity contribution >= 4 is 45.9 Å². The van der Waals surface area contributed by atoms with Gasteiger partial charge < -0.3 is 21.4 Å². The molecule has 0 saturated heterocycles. The van der Waals surface area contributed by atoms with Crippen molar-refractivity contribution in [3.05, 3.63) is 71.9 Å². The van der Waals surface area contributed by atoms with Crippen LogP contribution in [0, 0.1) is 5.95 Å². The molecule has 3 aromatic heterocycles. The molecule has 4 aromatic rings. The molecule has 0 radical (unpaired) electrons. The average Bonchev–Trinajstić information content (AvgIpc) is 3.24. The lowest BCUT2D eigenvalue weighted by Gasteiger charge is -2.13. The van der Waals surface area contributed by atoms with Gasteiger partial charge in [0.2, 0.25) is 5.95 Å². The number of rotatable bonds is 7. The van der Waals surface area contributed by atoms with Crippen molar-refractivity contribution in [2.45, 2.75) is 18.4 Å². The van der Waals surface area contributed by atoms with Crippen molar-refractivity contribution < 1.29 is 9.18 Å². The van der Waals surface area contributed by atoms with E-state index < -0.39 is 11.9 Å². The number of hydrogen-bond donors (Lipinski definition) is 4. The zero-order valence-corrected chi connectivity index (χ0v) is 17.6. The minimum absolute atomic E-state index is 0.157. The highest BCUT2D eigenvalue weighted by atomic mass is 32.2. The van der Waals surface area contributed by atoms with E-state index in [1.165, 1.54) is 6.07 Å². The standard InChI is InChI=1S/C22H21FN6OS/c1-2-31-18-5-3-14(11-17(18)24)28-22(30)16-4-6-19(23)29-21(16)27-12-13-7-9-25-20-15(13)8-10-26-20/h3-11H,2,12,24H2,1H3,(H,25,26)(H,27,29)(H,28,30). The first-order chi connectivity index (χ1) is 15.0. The Balaban J connectivity index is 1.54. The summed E-state index contributed by atoms with van der Waals surface area (Å²) in [6.45, 7) is 2.40. The number of nitrogens with zero attached hydrogens (tertiary/aromatic N) is 2.